The number of morpholine rings is 1. The van der Waals surface area contributed by atoms with Crippen molar-refractivity contribution in [3.63, 3.8) is 0 Å². The average molecular weight is 570 g/mol. The Hall–Kier alpha value is -2.67. The molecule has 0 atom stereocenters. The van der Waals surface area contributed by atoms with E-state index in [0.29, 0.717) is 16.4 Å². The zero-order valence-corrected chi connectivity index (χ0v) is 21.8. The highest BCUT2D eigenvalue weighted by Crippen LogP contribution is 2.27. The van der Waals surface area contributed by atoms with Gasteiger partial charge < -0.3 is 10.1 Å². The third-order valence-electron chi connectivity index (χ3n) is 5.30. The zero-order valence-electron chi connectivity index (χ0n) is 18.6. The first-order valence-corrected chi connectivity index (χ1v) is 14.3. The van der Waals surface area contributed by atoms with Crippen molar-refractivity contribution in [2.24, 2.45) is 0 Å². The number of carbonyl (C=O) groups is 1. The van der Waals surface area contributed by atoms with Crippen LogP contribution in [-0.2, 0) is 24.8 Å². The van der Waals surface area contributed by atoms with Crippen LogP contribution in [0.25, 0.3) is 0 Å². The number of nitrogens with zero attached hydrogens (tertiary/aromatic N) is 1. The highest BCUT2D eigenvalue weighted by Gasteiger charge is 2.29. The maximum atomic E-state index is 13.0. The SMILES string of the molecule is O=C(Nc1ccc(S(=O)(=O)Nc2ccc(Cl)cc2)cc1)c1ccc(Cl)c(S(=O)(=O)N2CCOCC2)c1. The quantitative estimate of drug-likeness (QED) is 0.442. The van der Waals surface area contributed by atoms with Crippen molar-refractivity contribution in [2.75, 3.05) is 36.3 Å². The van der Waals surface area contributed by atoms with Crippen molar-refractivity contribution < 1.29 is 26.4 Å². The molecular formula is C23H21Cl2N3O6S2. The number of benzene rings is 3. The fourth-order valence-corrected chi connectivity index (χ4v) is 6.51. The van der Waals surface area contributed by atoms with Gasteiger partial charge in [0.25, 0.3) is 15.9 Å². The van der Waals surface area contributed by atoms with Crippen LogP contribution in [-0.4, -0.2) is 53.4 Å². The van der Waals surface area contributed by atoms with E-state index in [-0.39, 0.29) is 46.7 Å². The van der Waals surface area contributed by atoms with E-state index in [2.05, 4.69) is 10.0 Å². The Kier molecular flexibility index (Phi) is 7.88. The van der Waals surface area contributed by atoms with E-state index in [0.717, 1.165) is 0 Å². The van der Waals surface area contributed by atoms with Gasteiger partial charge in [-0.25, -0.2) is 16.8 Å². The third-order valence-corrected chi connectivity index (χ3v) is 9.33. The summed E-state index contributed by atoms with van der Waals surface area (Å²) in [5.74, 6) is -0.583. The molecule has 3 aromatic rings. The maximum absolute atomic E-state index is 13.0. The molecule has 36 heavy (non-hydrogen) atoms. The van der Waals surface area contributed by atoms with Gasteiger partial charge in [0.2, 0.25) is 10.0 Å². The number of carbonyl (C=O) groups excluding carboxylic acids is 1. The number of hydrogen-bond donors (Lipinski definition) is 2. The fourth-order valence-electron chi connectivity index (χ4n) is 3.42. The van der Waals surface area contributed by atoms with Crippen LogP contribution < -0.4 is 10.0 Å². The molecule has 4 rings (SSSR count). The molecule has 3 aromatic carbocycles. The Labute approximate surface area is 219 Å². The fraction of sp³-hybridized carbons (Fsp3) is 0.174. The largest absolute Gasteiger partial charge is 0.379 e. The lowest BCUT2D eigenvalue weighted by molar-refractivity contribution is 0.0730. The molecule has 1 fully saturated rings. The topological polar surface area (TPSA) is 122 Å². The van der Waals surface area contributed by atoms with Crippen LogP contribution in [0.3, 0.4) is 0 Å². The summed E-state index contributed by atoms with van der Waals surface area (Å²) >= 11 is 12.0. The van der Waals surface area contributed by atoms with E-state index in [1.54, 1.807) is 12.1 Å². The van der Waals surface area contributed by atoms with Crippen molar-refractivity contribution in [3.05, 3.63) is 82.3 Å². The van der Waals surface area contributed by atoms with Crippen LogP contribution in [0, 0.1) is 0 Å². The van der Waals surface area contributed by atoms with E-state index >= 15 is 0 Å². The molecule has 0 aliphatic carbocycles. The van der Waals surface area contributed by atoms with Crippen molar-refractivity contribution >= 4 is 60.5 Å². The lowest BCUT2D eigenvalue weighted by Crippen LogP contribution is -2.40. The Morgan fingerprint density at radius 3 is 2.08 bits per heavy atom. The van der Waals surface area contributed by atoms with Crippen LogP contribution in [0.1, 0.15) is 10.4 Å². The van der Waals surface area contributed by atoms with Gasteiger partial charge in [0.05, 0.1) is 23.1 Å². The smallest absolute Gasteiger partial charge is 0.261 e. The number of nitrogens with one attached hydrogen (secondary N) is 2. The molecule has 9 nitrogen and oxygen atoms in total. The van der Waals surface area contributed by atoms with E-state index in [1.165, 1.54) is 58.9 Å². The molecule has 1 amide bonds. The summed E-state index contributed by atoms with van der Waals surface area (Å²) in [6, 6.07) is 15.7. The second-order valence-corrected chi connectivity index (χ2v) is 12.2. The first-order chi connectivity index (χ1) is 17.1. The van der Waals surface area contributed by atoms with Gasteiger partial charge in [0.1, 0.15) is 4.90 Å². The minimum atomic E-state index is -3.91. The first kappa shape index (κ1) is 26.4. The van der Waals surface area contributed by atoms with Gasteiger partial charge in [0.15, 0.2) is 0 Å². The van der Waals surface area contributed by atoms with Gasteiger partial charge in [-0.2, -0.15) is 4.31 Å². The van der Waals surface area contributed by atoms with Crippen LogP contribution in [0.2, 0.25) is 10.0 Å². The molecule has 2 N–H and O–H groups in total. The monoisotopic (exact) mass is 569 g/mol. The molecule has 1 heterocycles. The minimum absolute atomic E-state index is 0.000730. The molecule has 0 aromatic heterocycles. The summed E-state index contributed by atoms with van der Waals surface area (Å²) in [5.41, 5.74) is 0.743. The molecule has 0 saturated carbocycles. The molecule has 0 spiro atoms. The van der Waals surface area contributed by atoms with Gasteiger partial charge >= 0.3 is 0 Å². The Balaban J connectivity index is 1.49. The van der Waals surface area contributed by atoms with E-state index < -0.39 is 26.0 Å². The Morgan fingerprint density at radius 2 is 1.44 bits per heavy atom. The van der Waals surface area contributed by atoms with Gasteiger partial charge in [-0.1, -0.05) is 23.2 Å². The van der Waals surface area contributed by atoms with Crippen LogP contribution in [0.15, 0.2) is 76.5 Å². The van der Waals surface area contributed by atoms with Gasteiger partial charge in [-0.05, 0) is 66.7 Å². The summed E-state index contributed by atoms with van der Waals surface area (Å²) in [7, 11) is -7.77. The second kappa shape index (κ2) is 10.8. The molecule has 1 aliphatic rings. The number of hydrogen-bond acceptors (Lipinski definition) is 6. The number of anilines is 2. The standard InChI is InChI=1S/C23H21Cl2N3O6S2/c24-17-2-4-19(5-3-17)27-35(30,31)20-8-6-18(7-9-20)26-23(29)16-1-10-21(25)22(15-16)36(32,33)28-11-13-34-14-12-28/h1-10,15,27H,11-14H2,(H,26,29). The minimum Gasteiger partial charge on any atom is -0.379 e. The highest BCUT2D eigenvalue weighted by atomic mass is 35.5. The van der Waals surface area contributed by atoms with Crippen LogP contribution >= 0.6 is 23.2 Å². The normalized spacial score (nSPS) is 14.8. The summed E-state index contributed by atoms with van der Waals surface area (Å²) in [4.78, 5) is 12.6. The van der Waals surface area contributed by atoms with Gasteiger partial charge in [-0.15, -0.1) is 0 Å². The Bertz CT molecular complexity index is 1470. The number of halogens is 2. The number of rotatable bonds is 7. The van der Waals surface area contributed by atoms with Crippen molar-refractivity contribution in [1.29, 1.82) is 0 Å². The second-order valence-electron chi connectivity index (χ2n) is 7.75. The molecule has 0 bridgehead atoms. The highest BCUT2D eigenvalue weighted by molar-refractivity contribution is 7.92. The summed E-state index contributed by atoms with van der Waals surface area (Å²) in [6.45, 7) is 0.935. The van der Waals surface area contributed by atoms with Crippen LogP contribution in [0.4, 0.5) is 11.4 Å². The maximum Gasteiger partial charge on any atom is 0.261 e. The van der Waals surface area contributed by atoms with E-state index in [4.69, 9.17) is 27.9 Å². The van der Waals surface area contributed by atoms with Gasteiger partial charge in [-0.3, -0.25) is 9.52 Å². The molecule has 0 unspecified atom stereocenters. The molecule has 0 radical (unpaired) electrons. The first-order valence-electron chi connectivity index (χ1n) is 10.6. The Morgan fingerprint density at radius 1 is 0.833 bits per heavy atom. The van der Waals surface area contributed by atoms with Gasteiger partial charge in [0, 0.05) is 35.1 Å². The summed E-state index contributed by atoms with van der Waals surface area (Å²) in [5, 5.41) is 3.11. The lowest BCUT2D eigenvalue weighted by Gasteiger charge is -2.26. The molecule has 13 heteroatoms. The molecule has 1 saturated heterocycles. The number of sulfonamides is 2. The van der Waals surface area contributed by atoms with E-state index in [1.807, 2.05) is 0 Å². The predicted octanol–water partition coefficient (Wildman–Crippen LogP) is 4.07. The average Bonchev–Trinajstić information content (AvgIpc) is 2.86. The van der Waals surface area contributed by atoms with Crippen molar-refractivity contribution in [1.82, 2.24) is 4.31 Å². The summed E-state index contributed by atoms with van der Waals surface area (Å²) < 4.78 is 60.2. The molecule has 1 aliphatic heterocycles. The number of ether oxygens (including phenoxy) is 1. The van der Waals surface area contributed by atoms with Crippen LogP contribution in [0.5, 0.6) is 0 Å². The van der Waals surface area contributed by atoms with Crippen molar-refractivity contribution in [2.45, 2.75) is 9.79 Å². The predicted molar refractivity (Wildman–Crippen MR) is 138 cm³/mol. The van der Waals surface area contributed by atoms with E-state index in [9.17, 15) is 21.6 Å². The zero-order chi connectivity index (χ0) is 25.9. The summed E-state index contributed by atoms with van der Waals surface area (Å²) in [6.07, 6.45) is 0. The third kappa shape index (κ3) is 6.00. The van der Waals surface area contributed by atoms with Crippen molar-refractivity contribution in [3.8, 4) is 0 Å². The molecular weight excluding hydrogens is 549 g/mol. The molecule has 190 valence electrons. The lowest BCUT2D eigenvalue weighted by atomic mass is 10.2. The number of amides is 1.